The van der Waals surface area contributed by atoms with Crippen LogP contribution < -0.4 is 20.1 Å². The first-order valence-electron chi connectivity index (χ1n) is 8.03. The Bertz CT molecular complexity index is 645. The first-order valence-corrected chi connectivity index (χ1v) is 8.03. The first kappa shape index (κ1) is 21.1. The van der Waals surface area contributed by atoms with E-state index >= 15 is 0 Å². The molecule has 0 fully saturated rings. The molecule has 0 spiro atoms. The Balaban J connectivity index is 0.00000312. The predicted octanol–water partition coefficient (Wildman–Crippen LogP) is 3.21. The number of furan rings is 1. The number of nitrogens with zero attached hydrogens (tertiary/aromatic N) is 1. The van der Waals surface area contributed by atoms with Gasteiger partial charge in [-0.05, 0) is 36.8 Å². The zero-order chi connectivity index (χ0) is 17.2. The van der Waals surface area contributed by atoms with E-state index in [2.05, 4.69) is 15.6 Å². The average molecular weight is 459 g/mol. The standard InChI is InChI=1S/C18H25N3O3.HI/c1-4-23-17-12-14(7-8-16(17)22-3)13-21-18(19-2)20-10-9-15-6-5-11-24-15;/h5-8,11-12H,4,9-10,13H2,1-3H3,(H2,19,20,21);1H. The minimum absolute atomic E-state index is 0. The van der Waals surface area contributed by atoms with Crippen LogP contribution in [0.15, 0.2) is 46.0 Å². The van der Waals surface area contributed by atoms with Crippen molar-refractivity contribution >= 4 is 29.9 Å². The summed E-state index contributed by atoms with van der Waals surface area (Å²) in [7, 11) is 3.39. The molecule has 2 N–H and O–H groups in total. The molecule has 0 amide bonds. The summed E-state index contributed by atoms with van der Waals surface area (Å²) in [4.78, 5) is 4.22. The van der Waals surface area contributed by atoms with Crippen LogP contribution in [-0.4, -0.2) is 33.3 Å². The Labute approximate surface area is 166 Å². The number of hydrogen-bond donors (Lipinski definition) is 2. The molecule has 1 heterocycles. The molecule has 0 saturated heterocycles. The fourth-order valence-corrected chi connectivity index (χ4v) is 2.26. The Morgan fingerprint density at radius 3 is 2.68 bits per heavy atom. The van der Waals surface area contributed by atoms with E-state index in [1.54, 1.807) is 20.4 Å². The number of aliphatic imine (C=N–C) groups is 1. The topological polar surface area (TPSA) is 68.0 Å². The molecule has 6 nitrogen and oxygen atoms in total. The molecule has 0 aliphatic heterocycles. The van der Waals surface area contributed by atoms with Crippen LogP contribution >= 0.6 is 24.0 Å². The molecule has 138 valence electrons. The van der Waals surface area contributed by atoms with Gasteiger partial charge in [0.1, 0.15) is 5.76 Å². The van der Waals surface area contributed by atoms with Gasteiger partial charge in [0.15, 0.2) is 17.5 Å². The molecule has 0 unspecified atom stereocenters. The van der Waals surface area contributed by atoms with Crippen molar-refractivity contribution in [2.75, 3.05) is 27.3 Å². The third kappa shape index (κ3) is 6.85. The van der Waals surface area contributed by atoms with Crippen LogP contribution in [0.4, 0.5) is 0 Å². The number of nitrogens with one attached hydrogen (secondary N) is 2. The largest absolute Gasteiger partial charge is 0.493 e. The lowest BCUT2D eigenvalue weighted by Gasteiger charge is -2.14. The van der Waals surface area contributed by atoms with Crippen LogP contribution in [0.3, 0.4) is 0 Å². The van der Waals surface area contributed by atoms with Crippen molar-refractivity contribution in [3.8, 4) is 11.5 Å². The summed E-state index contributed by atoms with van der Waals surface area (Å²) in [5.74, 6) is 3.19. The molecule has 0 aliphatic carbocycles. The number of methoxy groups -OCH3 is 1. The van der Waals surface area contributed by atoms with Gasteiger partial charge in [0.05, 0.1) is 20.0 Å². The molecule has 2 rings (SSSR count). The predicted molar refractivity (Wildman–Crippen MR) is 110 cm³/mol. The van der Waals surface area contributed by atoms with Crippen molar-refractivity contribution in [2.24, 2.45) is 4.99 Å². The summed E-state index contributed by atoms with van der Waals surface area (Å²) in [6, 6.07) is 9.75. The summed E-state index contributed by atoms with van der Waals surface area (Å²) in [5, 5.41) is 6.55. The van der Waals surface area contributed by atoms with E-state index in [1.807, 2.05) is 37.3 Å². The summed E-state index contributed by atoms with van der Waals surface area (Å²) < 4.78 is 16.2. The summed E-state index contributed by atoms with van der Waals surface area (Å²) in [5.41, 5.74) is 1.09. The van der Waals surface area contributed by atoms with Gasteiger partial charge in [0.2, 0.25) is 0 Å². The normalized spacial score (nSPS) is 10.8. The first-order chi connectivity index (χ1) is 11.8. The summed E-state index contributed by atoms with van der Waals surface area (Å²) in [6.45, 7) is 3.95. The second-order valence-electron chi connectivity index (χ2n) is 5.10. The molecule has 1 aromatic heterocycles. The van der Waals surface area contributed by atoms with Gasteiger partial charge in [-0.3, -0.25) is 4.99 Å². The monoisotopic (exact) mass is 459 g/mol. The van der Waals surface area contributed by atoms with Crippen molar-refractivity contribution < 1.29 is 13.9 Å². The highest BCUT2D eigenvalue weighted by atomic mass is 127. The molecule has 1 aromatic carbocycles. The molecule has 0 bridgehead atoms. The summed E-state index contributed by atoms with van der Waals surface area (Å²) in [6.07, 6.45) is 2.49. The highest BCUT2D eigenvalue weighted by molar-refractivity contribution is 14.0. The number of guanidine groups is 1. The lowest BCUT2D eigenvalue weighted by atomic mass is 10.2. The second kappa shape index (κ2) is 11.6. The number of ether oxygens (including phenoxy) is 2. The molecular formula is C18H26IN3O3. The lowest BCUT2D eigenvalue weighted by molar-refractivity contribution is 0.310. The number of halogens is 1. The van der Waals surface area contributed by atoms with Gasteiger partial charge in [0.25, 0.3) is 0 Å². The Morgan fingerprint density at radius 1 is 1.20 bits per heavy atom. The number of benzene rings is 1. The summed E-state index contributed by atoms with van der Waals surface area (Å²) >= 11 is 0. The van der Waals surface area contributed by atoms with E-state index < -0.39 is 0 Å². The second-order valence-corrected chi connectivity index (χ2v) is 5.10. The van der Waals surface area contributed by atoms with Crippen LogP contribution in [0.5, 0.6) is 11.5 Å². The Morgan fingerprint density at radius 2 is 2.04 bits per heavy atom. The SMILES string of the molecule is CCOc1cc(CNC(=NC)NCCc2ccco2)ccc1OC.I. The van der Waals surface area contributed by atoms with Gasteiger partial charge in [-0.15, -0.1) is 24.0 Å². The molecule has 2 aromatic rings. The van der Waals surface area contributed by atoms with Gasteiger partial charge in [0, 0.05) is 26.6 Å². The van der Waals surface area contributed by atoms with Crippen LogP contribution in [0, 0.1) is 0 Å². The number of rotatable bonds is 8. The van der Waals surface area contributed by atoms with E-state index in [0.717, 1.165) is 41.7 Å². The molecule has 7 heteroatoms. The third-order valence-electron chi connectivity index (χ3n) is 3.46. The van der Waals surface area contributed by atoms with Crippen molar-refractivity contribution in [1.82, 2.24) is 10.6 Å². The Kier molecular flexibility index (Phi) is 9.83. The van der Waals surface area contributed by atoms with E-state index in [4.69, 9.17) is 13.9 Å². The maximum Gasteiger partial charge on any atom is 0.191 e. The van der Waals surface area contributed by atoms with Gasteiger partial charge in [-0.25, -0.2) is 0 Å². The molecular weight excluding hydrogens is 433 g/mol. The molecule has 0 radical (unpaired) electrons. The highest BCUT2D eigenvalue weighted by Gasteiger charge is 2.06. The zero-order valence-corrected chi connectivity index (χ0v) is 17.2. The maximum atomic E-state index is 5.60. The van der Waals surface area contributed by atoms with Crippen molar-refractivity contribution in [2.45, 2.75) is 19.9 Å². The van der Waals surface area contributed by atoms with E-state index in [9.17, 15) is 0 Å². The van der Waals surface area contributed by atoms with E-state index in [1.165, 1.54) is 0 Å². The average Bonchev–Trinajstić information content (AvgIpc) is 3.12. The molecule has 25 heavy (non-hydrogen) atoms. The van der Waals surface area contributed by atoms with Gasteiger partial charge in [-0.2, -0.15) is 0 Å². The van der Waals surface area contributed by atoms with Crippen LogP contribution in [0.1, 0.15) is 18.2 Å². The van der Waals surface area contributed by atoms with Crippen LogP contribution in [0.25, 0.3) is 0 Å². The fraction of sp³-hybridized carbons (Fsp3) is 0.389. The minimum atomic E-state index is 0. The number of hydrogen-bond acceptors (Lipinski definition) is 4. The van der Waals surface area contributed by atoms with E-state index in [0.29, 0.717) is 13.2 Å². The molecule has 0 saturated carbocycles. The maximum absolute atomic E-state index is 5.60. The smallest absolute Gasteiger partial charge is 0.191 e. The lowest BCUT2D eigenvalue weighted by Crippen LogP contribution is -2.37. The van der Waals surface area contributed by atoms with E-state index in [-0.39, 0.29) is 24.0 Å². The molecule has 0 aliphatic rings. The van der Waals surface area contributed by atoms with Crippen molar-refractivity contribution in [3.63, 3.8) is 0 Å². The van der Waals surface area contributed by atoms with Crippen LogP contribution in [-0.2, 0) is 13.0 Å². The third-order valence-corrected chi connectivity index (χ3v) is 3.46. The Hall–Kier alpha value is -1.90. The van der Waals surface area contributed by atoms with Crippen molar-refractivity contribution in [1.29, 1.82) is 0 Å². The fourth-order valence-electron chi connectivity index (χ4n) is 2.26. The minimum Gasteiger partial charge on any atom is -0.493 e. The van der Waals surface area contributed by atoms with Crippen LogP contribution in [0.2, 0.25) is 0 Å². The van der Waals surface area contributed by atoms with Gasteiger partial charge in [-0.1, -0.05) is 6.07 Å². The quantitative estimate of drug-likeness (QED) is 0.361. The van der Waals surface area contributed by atoms with Crippen molar-refractivity contribution in [3.05, 3.63) is 47.9 Å². The van der Waals surface area contributed by atoms with Gasteiger partial charge < -0.3 is 24.5 Å². The van der Waals surface area contributed by atoms with Gasteiger partial charge >= 0.3 is 0 Å². The zero-order valence-electron chi connectivity index (χ0n) is 14.9. The molecule has 0 atom stereocenters. The highest BCUT2D eigenvalue weighted by Crippen LogP contribution is 2.27.